The van der Waals surface area contributed by atoms with E-state index in [0.717, 1.165) is 0 Å². The Hall–Kier alpha value is -0.850. The molecule has 0 saturated carbocycles. The van der Waals surface area contributed by atoms with Gasteiger partial charge in [-0.25, -0.2) is 13.2 Å². The van der Waals surface area contributed by atoms with Crippen molar-refractivity contribution in [3.8, 4) is 0 Å². The number of benzene rings is 2. The van der Waals surface area contributed by atoms with E-state index in [0.29, 0.717) is 10.0 Å². The molecule has 1 N–H and O–H groups in total. The molecule has 0 radical (unpaired) electrons. The first-order valence-electron chi connectivity index (χ1n) is 6.18. The van der Waals surface area contributed by atoms with Gasteiger partial charge in [0, 0.05) is 16.1 Å². The lowest BCUT2D eigenvalue weighted by Crippen LogP contribution is -2.21. The molecule has 0 amide bonds. The smallest absolute Gasteiger partial charge is 0.143 e. The predicted octanol–water partition coefficient (Wildman–Crippen LogP) is 5.13. The number of likely N-dealkylation sites (N-methyl/N-ethyl adjacent to an activating group) is 1. The average Bonchev–Trinajstić information content (AvgIpc) is 2.46. The maximum atomic E-state index is 14.1. The van der Waals surface area contributed by atoms with E-state index < -0.39 is 23.5 Å². The van der Waals surface area contributed by atoms with E-state index in [4.69, 9.17) is 0 Å². The van der Waals surface area contributed by atoms with Gasteiger partial charge in [0.05, 0.1) is 4.47 Å². The van der Waals surface area contributed by atoms with Gasteiger partial charge in [-0.1, -0.05) is 15.9 Å². The molecule has 0 aliphatic rings. The van der Waals surface area contributed by atoms with Gasteiger partial charge >= 0.3 is 0 Å². The maximum absolute atomic E-state index is 14.1. The summed E-state index contributed by atoms with van der Waals surface area (Å²) in [5.74, 6) is -1.66. The van der Waals surface area contributed by atoms with Crippen molar-refractivity contribution in [1.82, 2.24) is 5.32 Å². The molecule has 112 valence electrons. The van der Waals surface area contributed by atoms with Crippen LogP contribution in [0.2, 0.25) is 0 Å². The van der Waals surface area contributed by atoms with E-state index in [1.807, 2.05) is 0 Å². The fourth-order valence-corrected chi connectivity index (χ4v) is 3.00. The monoisotopic (exact) mass is 421 g/mol. The summed E-state index contributed by atoms with van der Waals surface area (Å²) in [6.45, 7) is 0. The van der Waals surface area contributed by atoms with Gasteiger partial charge in [0.25, 0.3) is 0 Å². The summed E-state index contributed by atoms with van der Waals surface area (Å²) in [7, 11) is 1.66. The van der Waals surface area contributed by atoms with Crippen LogP contribution >= 0.6 is 31.9 Å². The normalized spacial score (nSPS) is 12.5. The van der Waals surface area contributed by atoms with E-state index in [1.165, 1.54) is 24.3 Å². The quantitative estimate of drug-likeness (QED) is 0.673. The lowest BCUT2D eigenvalue weighted by atomic mass is 9.98. The van der Waals surface area contributed by atoms with Crippen LogP contribution in [0.15, 0.2) is 39.3 Å². The van der Waals surface area contributed by atoms with Crippen molar-refractivity contribution in [3.05, 3.63) is 67.9 Å². The highest BCUT2D eigenvalue weighted by atomic mass is 79.9. The van der Waals surface area contributed by atoms with Crippen LogP contribution in [0.4, 0.5) is 13.2 Å². The van der Waals surface area contributed by atoms with Gasteiger partial charge in [0.15, 0.2) is 0 Å². The van der Waals surface area contributed by atoms with Gasteiger partial charge in [-0.15, -0.1) is 0 Å². The Kier molecular flexibility index (Phi) is 5.46. The zero-order chi connectivity index (χ0) is 15.6. The molecule has 2 rings (SSSR count). The standard InChI is InChI=1S/C15H12Br2F3N/c1-21-14(9-6-8(18)2-3-11(9)16)7-10-13(19)5-4-12(17)15(10)20/h2-6,14,21H,7H2,1H3. The Bertz CT molecular complexity index is 662. The van der Waals surface area contributed by atoms with Crippen LogP contribution in [0.25, 0.3) is 0 Å². The van der Waals surface area contributed by atoms with E-state index >= 15 is 0 Å². The molecular weight excluding hydrogens is 411 g/mol. The second kappa shape index (κ2) is 6.94. The molecular formula is C15H12Br2F3N. The second-order valence-electron chi connectivity index (χ2n) is 4.53. The number of rotatable bonds is 4. The summed E-state index contributed by atoms with van der Waals surface area (Å²) in [5, 5.41) is 2.96. The van der Waals surface area contributed by atoms with Crippen LogP contribution < -0.4 is 5.32 Å². The highest BCUT2D eigenvalue weighted by Crippen LogP contribution is 2.30. The maximum Gasteiger partial charge on any atom is 0.143 e. The van der Waals surface area contributed by atoms with E-state index in [9.17, 15) is 13.2 Å². The molecule has 1 nitrogen and oxygen atoms in total. The largest absolute Gasteiger partial charge is 0.313 e. The Labute approximate surface area is 137 Å². The van der Waals surface area contributed by atoms with Gasteiger partial charge in [-0.2, -0.15) is 0 Å². The molecule has 1 atom stereocenters. The van der Waals surface area contributed by atoms with Crippen LogP contribution in [0.1, 0.15) is 17.2 Å². The Morgan fingerprint density at radius 1 is 1.05 bits per heavy atom. The van der Waals surface area contributed by atoms with Gasteiger partial charge in [0.1, 0.15) is 17.5 Å². The third kappa shape index (κ3) is 3.67. The predicted molar refractivity (Wildman–Crippen MR) is 83.7 cm³/mol. The first-order chi connectivity index (χ1) is 9.93. The summed E-state index contributed by atoms with van der Waals surface area (Å²) < 4.78 is 42.2. The van der Waals surface area contributed by atoms with E-state index in [1.54, 1.807) is 13.1 Å². The van der Waals surface area contributed by atoms with Gasteiger partial charge < -0.3 is 5.32 Å². The Morgan fingerprint density at radius 3 is 2.38 bits per heavy atom. The van der Waals surface area contributed by atoms with E-state index in [-0.39, 0.29) is 16.5 Å². The molecule has 0 bridgehead atoms. The molecule has 0 spiro atoms. The van der Waals surface area contributed by atoms with Gasteiger partial charge in [0.2, 0.25) is 0 Å². The molecule has 0 saturated heterocycles. The Balaban J connectivity index is 2.40. The molecule has 21 heavy (non-hydrogen) atoms. The van der Waals surface area contributed by atoms with E-state index in [2.05, 4.69) is 37.2 Å². The first kappa shape index (κ1) is 16.5. The van der Waals surface area contributed by atoms with Gasteiger partial charge in [-0.3, -0.25) is 0 Å². The summed E-state index contributed by atoms with van der Waals surface area (Å²) in [4.78, 5) is 0. The lowest BCUT2D eigenvalue weighted by molar-refractivity contribution is 0.510. The molecule has 0 aliphatic carbocycles. The summed E-state index contributed by atoms with van der Waals surface area (Å²) >= 11 is 6.38. The second-order valence-corrected chi connectivity index (χ2v) is 6.24. The zero-order valence-electron chi connectivity index (χ0n) is 11.1. The summed E-state index contributed by atoms with van der Waals surface area (Å²) in [5.41, 5.74) is 0.566. The molecule has 0 aliphatic heterocycles. The Morgan fingerprint density at radius 2 is 1.71 bits per heavy atom. The number of hydrogen-bond acceptors (Lipinski definition) is 1. The average molecular weight is 423 g/mol. The molecule has 2 aromatic rings. The molecule has 0 heterocycles. The molecule has 2 aromatic carbocycles. The van der Waals surface area contributed by atoms with Gasteiger partial charge in [-0.05, 0) is 65.3 Å². The third-order valence-electron chi connectivity index (χ3n) is 3.23. The van der Waals surface area contributed by atoms with Crippen LogP contribution in [0, 0.1) is 17.5 Å². The minimum absolute atomic E-state index is 0.0418. The lowest BCUT2D eigenvalue weighted by Gasteiger charge is -2.19. The fraction of sp³-hybridized carbons (Fsp3) is 0.200. The zero-order valence-corrected chi connectivity index (χ0v) is 14.2. The summed E-state index contributed by atoms with van der Waals surface area (Å²) in [6.07, 6.45) is 0.0651. The highest BCUT2D eigenvalue weighted by molar-refractivity contribution is 9.10. The van der Waals surface area contributed by atoms with Crippen molar-refractivity contribution in [2.45, 2.75) is 12.5 Å². The topological polar surface area (TPSA) is 12.0 Å². The van der Waals surface area contributed by atoms with Crippen molar-refractivity contribution < 1.29 is 13.2 Å². The molecule has 1 unspecified atom stereocenters. The van der Waals surface area contributed by atoms with Crippen LogP contribution in [-0.2, 0) is 6.42 Å². The number of hydrogen-bond donors (Lipinski definition) is 1. The minimum atomic E-state index is -0.636. The highest BCUT2D eigenvalue weighted by Gasteiger charge is 2.20. The van der Waals surface area contributed by atoms with Crippen molar-refractivity contribution in [3.63, 3.8) is 0 Å². The minimum Gasteiger partial charge on any atom is -0.313 e. The fourth-order valence-electron chi connectivity index (χ4n) is 2.11. The molecule has 0 fully saturated rings. The van der Waals surface area contributed by atoms with Crippen molar-refractivity contribution in [1.29, 1.82) is 0 Å². The SMILES string of the molecule is CNC(Cc1c(F)ccc(Br)c1F)c1cc(F)ccc1Br. The number of halogens is 5. The molecule has 0 aromatic heterocycles. The number of nitrogens with one attached hydrogen (secondary N) is 1. The summed E-state index contributed by atoms with van der Waals surface area (Å²) in [6, 6.07) is 6.34. The van der Waals surface area contributed by atoms with Crippen molar-refractivity contribution in [2.24, 2.45) is 0 Å². The third-order valence-corrected chi connectivity index (χ3v) is 4.56. The van der Waals surface area contributed by atoms with Crippen LogP contribution in [-0.4, -0.2) is 7.05 Å². The van der Waals surface area contributed by atoms with Crippen LogP contribution in [0.5, 0.6) is 0 Å². The van der Waals surface area contributed by atoms with Crippen molar-refractivity contribution in [2.75, 3.05) is 7.05 Å². The molecule has 6 heteroatoms. The first-order valence-corrected chi connectivity index (χ1v) is 7.77. The van der Waals surface area contributed by atoms with Crippen molar-refractivity contribution >= 4 is 31.9 Å². The van der Waals surface area contributed by atoms with Crippen LogP contribution in [0.3, 0.4) is 0 Å².